The lowest BCUT2D eigenvalue weighted by atomic mass is 10.1. The monoisotopic (exact) mass is 346 g/mol. The third kappa shape index (κ3) is 8.74. The summed E-state index contributed by atoms with van der Waals surface area (Å²) < 4.78 is 16.1. The van der Waals surface area contributed by atoms with Crippen LogP contribution in [-0.4, -0.2) is 31.6 Å². The highest BCUT2D eigenvalue weighted by Gasteiger charge is 2.04. The van der Waals surface area contributed by atoms with Crippen molar-refractivity contribution in [3.05, 3.63) is 48.6 Å². The molecule has 0 radical (unpaired) electrons. The number of ketones is 1. The molecule has 0 aliphatic rings. The highest BCUT2D eigenvalue weighted by atomic mass is 16.6. The molecule has 0 aliphatic heterocycles. The van der Waals surface area contributed by atoms with Gasteiger partial charge in [0.05, 0.1) is 6.61 Å². The maximum Gasteiger partial charge on any atom is 0.333 e. The first-order chi connectivity index (χ1) is 11.9. The Bertz CT molecular complexity index is 618. The zero-order valence-electron chi connectivity index (χ0n) is 15.0. The molecule has 0 heterocycles. The molecule has 0 N–H and O–H groups in total. The minimum atomic E-state index is -0.425. The fraction of sp³-hybridized carbons (Fsp3) is 0.400. The fourth-order valence-corrected chi connectivity index (χ4v) is 1.86. The number of unbranched alkanes of at least 4 members (excludes halogenated alkanes) is 1. The van der Waals surface area contributed by atoms with Gasteiger partial charge in [-0.3, -0.25) is 4.79 Å². The molecule has 5 nitrogen and oxygen atoms in total. The summed E-state index contributed by atoms with van der Waals surface area (Å²) in [5.74, 6) is 1.01. The van der Waals surface area contributed by atoms with Gasteiger partial charge in [0, 0.05) is 18.1 Å². The molecule has 0 aromatic heterocycles. The average Bonchev–Trinajstić information content (AvgIpc) is 2.58. The molecule has 0 spiro atoms. The van der Waals surface area contributed by atoms with Crippen molar-refractivity contribution in [2.75, 3.05) is 19.8 Å². The lowest BCUT2D eigenvalue weighted by Crippen LogP contribution is -2.12. The van der Waals surface area contributed by atoms with Gasteiger partial charge in [0.1, 0.15) is 24.7 Å². The average molecular weight is 346 g/mol. The van der Waals surface area contributed by atoms with Crippen molar-refractivity contribution in [3.8, 4) is 11.5 Å². The van der Waals surface area contributed by atoms with E-state index in [1.54, 1.807) is 26.0 Å². The second-order valence-corrected chi connectivity index (χ2v) is 5.75. The molecule has 5 heteroatoms. The topological polar surface area (TPSA) is 61.8 Å². The summed E-state index contributed by atoms with van der Waals surface area (Å²) in [6, 6.07) is 7.25. The number of allylic oxidation sites excluding steroid dienone is 1. The standard InChI is InChI=1S/C20H26O5/c1-15(2)19(21)10-5-6-11-23-17-8-7-9-18(14-17)24-12-13-25-20(22)16(3)4/h7-9,14H,1,3,5-6,10-13H2,2,4H3. The molecule has 0 fully saturated rings. The number of benzene rings is 1. The minimum Gasteiger partial charge on any atom is -0.493 e. The van der Waals surface area contributed by atoms with Gasteiger partial charge < -0.3 is 14.2 Å². The van der Waals surface area contributed by atoms with Gasteiger partial charge in [-0.15, -0.1) is 0 Å². The van der Waals surface area contributed by atoms with Crippen molar-refractivity contribution in [1.29, 1.82) is 0 Å². The molecule has 0 unspecified atom stereocenters. The highest BCUT2D eigenvalue weighted by Crippen LogP contribution is 2.19. The molecular weight excluding hydrogens is 320 g/mol. The number of carbonyl (C=O) groups is 2. The molecule has 0 saturated heterocycles. The van der Waals surface area contributed by atoms with E-state index in [-0.39, 0.29) is 19.0 Å². The Hall–Kier alpha value is -2.56. The molecule has 0 atom stereocenters. The van der Waals surface area contributed by atoms with E-state index in [1.165, 1.54) is 0 Å². The fourth-order valence-electron chi connectivity index (χ4n) is 1.86. The summed E-state index contributed by atoms with van der Waals surface area (Å²) >= 11 is 0. The maximum absolute atomic E-state index is 11.4. The van der Waals surface area contributed by atoms with Gasteiger partial charge >= 0.3 is 5.97 Å². The number of carbonyl (C=O) groups excluding carboxylic acids is 2. The van der Waals surface area contributed by atoms with Crippen LogP contribution in [0, 0.1) is 0 Å². The van der Waals surface area contributed by atoms with Crippen molar-refractivity contribution in [1.82, 2.24) is 0 Å². The predicted octanol–water partition coefficient (Wildman–Crippen LogP) is 3.88. The van der Waals surface area contributed by atoms with Crippen molar-refractivity contribution in [2.45, 2.75) is 33.1 Å². The minimum absolute atomic E-state index is 0.0998. The summed E-state index contributed by atoms with van der Waals surface area (Å²) in [5.41, 5.74) is 0.958. The zero-order chi connectivity index (χ0) is 18.7. The Morgan fingerprint density at radius 1 is 0.920 bits per heavy atom. The molecule has 1 rings (SSSR count). The molecule has 0 bridgehead atoms. The van der Waals surface area contributed by atoms with Crippen molar-refractivity contribution in [3.63, 3.8) is 0 Å². The van der Waals surface area contributed by atoms with Crippen LogP contribution >= 0.6 is 0 Å². The van der Waals surface area contributed by atoms with Crippen LogP contribution in [0.3, 0.4) is 0 Å². The summed E-state index contributed by atoms with van der Waals surface area (Å²) in [7, 11) is 0. The van der Waals surface area contributed by atoms with E-state index in [0.717, 1.165) is 12.8 Å². The Kier molecular flexibility index (Phi) is 9.07. The molecule has 1 aromatic carbocycles. The lowest BCUT2D eigenvalue weighted by Gasteiger charge is -2.10. The predicted molar refractivity (Wildman–Crippen MR) is 96.9 cm³/mol. The number of esters is 1. The van der Waals surface area contributed by atoms with Gasteiger partial charge in [-0.2, -0.15) is 0 Å². The van der Waals surface area contributed by atoms with Gasteiger partial charge in [-0.1, -0.05) is 19.2 Å². The lowest BCUT2D eigenvalue weighted by molar-refractivity contribution is -0.139. The Morgan fingerprint density at radius 3 is 2.16 bits per heavy atom. The van der Waals surface area contributed by atoms with Crippen LogP contribution in [0.15, 0.2) is 48.6 Å². The molecule has 1 aromatic rings. The highest BCUT2D eigenvalue weighted by molar-refractivity contribution is 5.93. The molecule has 0 amide bonds. The first-order valence-electron chi connectivity index (χ1n) is 8.27. The Morgan fingerprint density at radius 2 is 1.56 bits per heavy atom. The summed E-state index contributed by atoms with van der Waals surface area (Å²) in [6.45, 7) is 11.4. The first kappa shape index (κ1) is 20.5. The van der Waals surface area contributed by atoms with Crippen molar-refractivity contribution >= 4 is 11.8 Å². The van der Waals surface area contributed by atoms with Crippen LogP contribution in [0.1, 0.15) is 33.1 Å². The second-order valence-electron chi connectivity index (χ2n) is 5.75. The molecule has 0 saturated carbocycles. The number of hydrogen-bond donors (Lipinski definition) is 0. The largest absolute Gasteiger partial charge is 0.493 e. The van der Waals surface area contributed by atoms with Gasteiger partial charge in [0.2, 0.25) is 0 Å². The third-order valence-corrected chi connectivity index (χ3v) is 3.28. The molecule has 25 heavy (non-hydrogen) atoms. The number of ether oxygens (including phenoxy) is 3. The summed E-state index contributed by atoms with van der Waals surface area (Å²) in [5, 5.41) is 0. The SMILES string of the molecule is C=C(C)C(=O)CCCCOc1cccc(OCCOC(=O)C(=C)C)c1. The van der Waals surface area contributed by atoms with Crippen LogP contribution < -0.4 is 9.47 Å². The number of Topliss-reactive ketones (excluding diaryl/α,β-unsaturated/α-hetero) is 1. The Labute approximate surface area is 149 Å². The first-order valence-corrected chi connectivity index (χ1v) is 8.27. The van der Waals surface area contributed by atoms with Crippen molar-refractivity contribution < 1.29 is 23.8 Å². The quantitative estimate of drug-likeness (QED) is 0.326. The van der Waals surface area contributed by atoms with E-state index < -0.39 is 5.97 Å². The molecule has 136 valence electrons. The van der Waals surface area contributed by atoms with E-state index in [2.05, 4.69) is 13.2 Å². The van der Waals surface area contributed by atoms with Gasteiger partial charge in [0.15, 0.2) is 5.78 Å². The van der Waals surface area contributed by atoms with Gasteiger partial charge in [0.25, 0.3) is 0 Å². The van der Waals surface area contributed by atoms with E-state index in [0.29, 0.717) is 35.7 Å². The van der Waals surface area contributed by atoms with E-state index >= 15 is 0 Å². The summed E-state index contributed by atoms with van der Waals surface area (Å²) in [6.07, 6.45) is 2.07. The van der Waals surface area contributed by atoms with E-state index in [1.807, 2.05) is 12.1 Å². The van der Waals surface area contributed by atoms with Crippen LogP contribution in [-0.2, 0) is 14.3 Å². The maximum atomic E-state index is 11.4. The molecular formula is C20H26O5. The van der Waals surface area contributed by atoms with Crippen LogP contribution in [0.4, 0.5) is 0 Å². The zero-order valence-corrected chi connectivity index (χ0v) is 15.0. The summed E-state index contributed by atoms with van der Waals surface area (Å²) in [4.78, 5) is 22.7. The second kappa shape index (κ2) is 11.1. The number of rotatable bonds is 12. The van der Waals surface area contributed by atoms with E-state index in [9.17, 15) is 9.59 Å². The normalized spacial score (nSPS) is 10.0. The van der Waals surface area contributed by atoms with Crippen LogP contribution in [0.25, 0.3) is 0 Å². The Balaban J connectivity index is 2.25. The third-order valence-electron chi connectivity index (χ3n) is 3.28. The van der Waals surface area contributed by atoms with Gasteiger partial charge in [-0.25, -0.2) is 4.79 Å². The number of hydrogen-bond acceptors (Lipinski definition) is 5. The van der Waals surface area contributed by atoms with E-state index in [4.69, 9.17) is 14.2 Å². The van der Waals surface area contributed by atoms with Crippen LogP contribution in [0.2, 0.25) is 0 Å². The smallest absolute Gasteiger partial charge is 0.333 e. The van der Waals surface area contributed by atoms with Crippen molar-refractivity contribution in [2.24, 2.45) is 0 Å². The molecule has 0 aliphatic carbocycles. The van der Waals surface area contributed by atoms with Crippen LogP contribution in [0.5, 0.6) is 11.5 Å². The van der Waals surface area contributed by atoms with Gasteiger partial charge in [-0.05, 0) is 44.4 Å².